The summed E-state index contributed by atoms with van der Waals surface area (Å²) in [6, 6.07) is 0.0509. The number of rotatable bonds is 7. The van der Waals surface area contributed by atoms with Crippen LogP contribution in [0.1, 0.15) is 52.4 Å². The van der Waals surface area contributed by atoms with E-state index >= 15 is 0 Å². The van der Waals surface area contributed by atoms with Crippen LogP contribution in [0.15, 0.2) is 0 Å². The van der Waals surface area contributed by atoms with Gasteiger partial charge in [0.25, 0.3) is 0 Å². The van der Waals surface area contributed by atoms with E-state index in [1.54, 1.807) is 0 Å². The van der Waals surface area contributed by atoms with Gasteiger partial charge in [-0.25, -0.2) is 0 Å². The maximum Gasteiger partial charge on any atom is 0.241 e. The summed E-state index contributed by atoms with van der Waals surface area (Å²) in [5.74, 6) is 1.59. The normalized spacial score (nSPS) is 27.5. The standard InChI is InChI=1S/C17H33N3O/c1-13(2)12-15-17(21)20(11-7-10-19(3)4)16(18-15)14-8-5-6-9-14/h13-16,18H,5-12H2,1-4H3. The minimum absolute atomic E-state index is 0.0509. The van der Waals surface area contributed by atoms with Gasteiger partial charge in [-0.15, -0.1) is 0 Å². The van der Waals surface area contributed by atoms with Crippen molar-refractivity contribution in [2.45, 2.75) is 64.6 Å². The van der Waals surface area contributed by atoms with E-state index in [9.17, 15) is 4.79 Å². The third kappa shape index (κ3) is 4.43. The van der Waals surface area contributed by atoms with Crippen LogP contribution in [-0.2, 0) is 4.79 Å². The highest BCUT2D eigenvalue weighted by atomic mass is 16.2. The van der Waals surface area contributed by atoms with Gasteiger partial charge in [-0.05, 0) is 58.2 Å². The summed E-state index contributed by atoms with van der Waals surface area (Å²) in [6.07, 6.45) is 7.55. The first kappa shape index (κ1) is 16.8. The first-order chi connectivity index (χ1) is 9.99. The summed E-state index contributed by atoms with van der Waals surface area (Å²) in [6.45, 7) is 6.36. The molecule has 2 unspecified atom stereocenters. The molecule has 0 spiro atoms. The van der Waals surface area contributed by atoms with Gasteiger partial charge in [0.1, 0.15) is 0 Å². The molecular formula is C17H33N3O. The lowest BCUT2D eigenvalue weighted by atomic mass is 10.0. The fourth-order valence-electron chi connectivity index (χ4n) is 3.82. The number of nitrogens with one attached hydrogen (secondary N) is 1. The third-order valence-electron chi connectivity index (χ3n) is 4.85. The Balaban J connectivity index is 1.98. The highest BCUT2D eigenvalue weighted by molar-refractivity contribution is 5.84. The molecule has 0 radical (unpaired) electrons. The van der Waals surface area contributed by atoms with Crippen molar-refractivity contribution in [3.05, 3.63) is 0 Å². The highest BCUT2D eigenvalue weighted by Gasteiger charge is 2.42. The first-order valence-corrected chi connectivity index (χ1v) is 8.70. The van der Waals surface area contributed by atoms with Crippen molar-refractivity contribution in [3.8, 4) is 0 Å². The van der Waals surface area contributed by atoms with Crippen LogP contribution in [0, 0.1) is 11.8 Å². The van der Waals surface area contributed by atoms with E-state index in [4.69, 9.17) is 0 Å². The van der Waals surface area contributed by atoms with Crippen molar-refractivity contribution < 1.29 is 4.79 Å². The lowest BCUT2D eigenvalue weighted by Crippen LogP contribution is -2.43. The maximum atomic E-state index is 12.7. The average Bonchev–Trinajstić information content (AvgIpc) is 3.00. The van der Waals surface area contributed by atoms with Crippen molar-refractivity contribution in [1.29, 1.82) is 0 Å². The zero-order valence-electron chi connectivity index (χ0n) is 14.3. The van der Waals surface area contributed by atoms with Gasteiger partial charge >= 0.3 is 0 Å². The maximum absolute atomic E-state index is 12.7. The number of amides is 1. The Bertz CT molecular complexity index is 337. The van der Waals surface area contributed by atoms with Crippen LogP contribution in [0.2, 0.25) is 0 Å². The second-order valence-corrected chi connectivity index (χ2v) is 7.53. The number of nitrogens with zero attached hydrogens (tertiary/aromatic N) is 2. The quantitative estimate of drug-likeness (QED) is 0.783. The number of carbonyl (C=O) groups is 1. The zero-order chi connectivity index (χ0) is 15.4. The predicted octanol–water partition coefficient (Wildman–Crippen LogP) is 2.30. The zero-order valence-corrected chi connectivity index (χ0v) is 14.3. The summed E-state index contributed by atoms with van der Waals surface area (Å²) in [5.41, 5.74) is 0. The molecule has 4 nitrogen and oxygen atoms in total. The second kappa shape index (κ2) is 7.59. The predicted molar refractivity (Wildman–Crippen MR) is 87.0 cm³/mol. The molecule has 2 aliphatic rings. The van der Waals surface area contributed by atoms with E-state index in [1.807, 2.05) is 0 Å². The van der Waals surface area contributed by atoms with Gasteiger partial charge in [0.05, 0.1) is 12.2 Å². The summed E-state index contributed by atoms with van der Waals surface area (Å²) in [5, 5.41) is 3.66. The molecule has 0 aromatic carbocycles. The lowest BCUT2D eigenvalue weighted by Gasteiger charge is -2.29. The molecule has 1 N–H and O–H groups in total. The van der Waals surface area contributed by atoms with Gasteiger partial charge in [-0.2, -0.15) is 0 Å². The number of carbonyl (C=O) groups excluding carboxylic acids is 1. The van der Waals surface area contributed by atoms with Crippen LogP contribution in [0.5, 0.6) is 0 Å². The van der Waals surface area contributed by atoms with Crippen molar-refractivity contribution in [2.24, 2.45) is 11.8 Å². The van der Waals surface area contributed by atoms with Crippen LogP contribution >= 0.6 is 0 Å². The molecule has 1 saturated carbocycles. The second-order valence-electron chi connectivity index (χ2n) is 7.53. The number of hydrogen-bond acceptors (Lipinski definition) is 3. The van der Waals surface area contributed by atoms with Gasteiger partial charge in [0.2, 0.25) is 5.91 Å². The van der Waals surface area contributed by atoms with E-state index in [-0.39, 0.29) is 6.04 Å². The monoisotopic (exact) mass is 295 g/mol. The smallest absolute Gasteiger partial charge is 0.241 e. The van der Waals surface area contributed by atoms with Crippen molar-refractivity contribution in [1.82, 2.24) is 15.1 Å². The molecule has 1 amide bonds. The van der Waals surface area contributed by atoms with Gasteiger partial charge < -0.3 is 9.80 Å². The van der Waals surface area contributed by atoms with Gasteiger partial charge in [-0.3, -0.25) is 10.1 Å². The van der Waals surface area contributed by atoms with Crippen LogP contribution in [-0.4, -0.2) is 55.1 Å². The fraction of sp³-hybridized carbons (Fsp3) is 0.941. The largest absolute Gasteiger partial charge is 0.325 e. The molecule has 122 valence electrons. The minimum atomic E-state index is 0.0509. The molecule has 0 aromatic rings. The first-order valence-electron chi connectivity index (χ1n) is 8.70. The molecule has 2 atom stereocenters. The Hall–Kier alpha value is -0.610. The van der Waals surface area contributed by atoms with Crippen LogP contribution < -0.4 is 5.32 Å². The van der Waals surface area contributed by atoms with Gasteiger partial charge in [0.15, 0.2) is 0 Å². The molecular weight excluding hydrogens is 262 g/mol. The number of hydrogen-bond donors (Lipinski definition) is 1. The molecule has 1 aliphatic heterocycles. The minimum Gasteiger partial charge on any atom is -0.325 e. The van der Waals surface area contributed by atoms with Crippen LogP contribution in [0.3, 0.4) is 0 Å². The fourth-order valence-corrected chi connectivity index (χ4v) is 3.82. The molecule has 1 aliphatic carbocycles. The topological polar surface area (TPSA) is 35.6 Å². The molecule has 0 bridgehead atoms. The molecule has 4 heteroatoms. The van der Waals surface area contributed by atoms with Crippen LogP contribution in [0.4, 0.5) is 0 Å². The van der Waals surface area contributed by atoms with Crippen molar-refractivity contribution in [2.75, 3.05) is 27.2 Å². The summed E-state index contributed by atoms with van der Waals surface area (Å²) in [4.78, 5) is 17.1. The highest BCUT2D eigenvalue weighted by Crippen LogP contribution is 2.32. The molecule has 21 heavy (non-hydrogen) atoms. The third-order valence-corrected chi connectivity index (χ3v) is 4.85. The summed E-state index contributed by atoms with van der Waals surface area (Å²) in [7, 11) is 4.19. The van der Waals surface area contributed by atoms with Gasteiger partial charge in [-0.1, -0.05) is 26.7 Å². The van der Waals surface area contributed by atoms with E-state index in [0.29, 0.717) is 23.9 Å². The van der Waals surface area contributed by atoms with Gasteiger partial charge in [0, 0.05) is 6.54 Å². The Labute approximate surface area is 130 Å². The summed E-state index contributed by atoms with van der Waals surface area (Å²) >= 11 is 0. The Morgan fingerprint density at radius 3 is 2.52 bits per heavy atom. The summed E-state index contributed by atoms with van der Waals surface area (Å²) < 4.78 is 0. The average molecular weight is 295 g/mol. The SMILES string of the molecule is CC(C)CC1NC(C2CCCC2)N(CCCN(C)C)C1=O. The lowest BCUT2D eigenvalue weighted by molar-refractivity contribution is -0.131. The van der Waals surface area contributed by atoms with Crippen LogP contribution in [0.25, 0.3) is 0 Å². The molecule has 2 rings (SSSR count). The van der Waals surface area contributed by atoms with E-state index < -0.39 is 0 Å². The Morgan fingerprint density at radius 1 is 1.29 bits per heavy atom. The Kier molecular flexibility index (Phi) is 6.06. The van der Waals surface area contributed by atoms with Crippen molar-refractivity contribution >= 4 is 5.91 Å². The molecule has 1 heterocycles. The van der Waals surface area contributed by atoms with E-state index in [1.165, 1.54) is 25.7 Å². The molecule has 0 aromatic heterocycles. The molecule has 1 saturated heterocycles. The van der Waals surface area contributed by atoms with E-state index in [0.717, 1.165) is 25.9 Å². The molecule has 2 fully saturated rings. The van der Waals surface area contributed by atoms with E-state index in [2.05, 4.69) is 43.1 Å². The Morgan fingerprint density at radius 2 is 1.95 bits per heavy atom. The van der Waals surface area contributed by atoms with Crippen molar-refractivity contribution in [3.63, 3.8) is 0 Å².